The maximum atomic E-state index is 12.1. The maximum absolute atomic E-state index is 12.1. The molecule has 0 fully saturated rings. The zero-order valence-corrected chi connectivity index (χ0v) is 13.9. The third-order valence-electron chi connectivity index (χ3n) is 2.95. The third-order valence-corrected chi connectivity index (χ3v) is 3.71. The quantitative estimate of drug-likeness (QED) is 0.832. The minimum absolute atomic E-state index is 0.169. The van der Waals surface area contributed by atoms with Gasteiger partial charge in [-0.2, -0.15) is 0 Å². The van der Waals surface area contributed by atoms with E-state index < -0.39 is 0 Å². The van der Waals surface area contributed by atoms with E-state index in [-0.39, 0.29) is 5.91 Å². The van der Waals surface area contributed by atoms with Gasteiger partial charge in [-0.1, -0.05) is 35.6 Å². The molecule has 1 aromatic heterocycles. The fourth-order valence-corrected chi connectivity index (χ4v) is 2.69. The summed E-state index contributed by atoms with van der Waals surface area (Å²) in [4.78, 5) is 14.3. The number of nitrogens with zero attached hydrogens (tertiary/aromatic N) is 3. The van der Waals surface area contributed by atoms with Crippen LogP contribution in [-0.4, -0.2) is 34.6 Å². The minimum atomic E-state index is -0.169. The second kappa shape index (κ2) is 7.29. The monoisotopic (exact) mass is 316 g/mol. The molecule has 0 saturated carbocycles. The fraction of sp³-hybridized carbons (Fsp3) is 0.312. The number of aryl methyl sites for hydroxylation is 1. The highest BCUT2D eigenvalue weighted by atomic mass is 32.1. The molecule has 0 unspecified atom stereocenters. The van der Waals surface area contributed by atoms with Gasteiger partial charge in [-0.25, -0.2) is 0 Å². The summed E-state index contributed by atoms with van der Waals surface area (Å²) in [5, 5.41) is 11.9. The average Bonchev–Trinajstić information content (AvgIpc) is 2.83. The zero-order chi connectivity index (χ0) is 16.1. The molecule has 116 valence electrons. The number of amides is 1. The van der Waals surface area contributed by atoms with Gasteiger partial charge >= 0.3 is 0 Å². The minimum Gasteiger partial charge on any atom is -0.298 e. The molecular formula is C16H20N4OS. The number of hydrogen-bond acceptors (Lipinski definition) is 5. The number of carbonyl (C=O) groups excluding carboxylic acids is 1. The molecule has 22 heavy (non-hydrogen) atoms. The van der Waals surface area contributed by atoms with E-state index in [0.717, 1.165) is 29.2 Å². The molecule has 0 atom stereocenters. The highest BCUT2D eigenvalue weighted by Crippen LogP contribution is 2.15. The number of hydrogen-bond donors (Lipinski definition) is 1. The molecular weight excluding hydrogens is 296 g/mol. The summed E-state index contributed by atoms with van der Waals surface area (Å²) in [6.07, 6.45) is 0. The van der Waals surface area contributed by atoms with Crippen LogP contribution in [0.15, 0.2) is 36.4 Å². The summed E-state index contributed by atoms with van der Waals surface area (Å²) < 4.78 is 0. The van der Waals surface area contributed by atoms with Gasteiger partial charge in [-0.3, -0.25) is 15.0 Å². The standard InChI is InChI=1S/C16H20N4OS/c1-11(2)9-20(4)10-13-5-7-14(8-6-13)15(21)17-16-19-18-12(3)22-16/h5-8H,1,9-10H2,2-4H3,(H,17,19,21). The predicted octanol–water partition coefficient (Wildman–Crippen LogP) is 3.11. The van der Waals surface area contributed by atoms with Crippen LogP contribution in [0.25, 0.3) is 0 Å². The van der Waals surface area contributed by atoms with Crippen LogP contribution in [0, 0.1) is 6.92 Å². The first-order valence-corrected chi connectivity index (χ1v) is 7.79. The third kappa shape index (κ3) is 4.75. The van der Waals surface area contributed by atoms with Crippen LogP contribution in [0.2, 0.25) is 0 Å². The summed E-state index contributed by atoms with van der Waals surface area (Å²) in [6.45, 7) is 9.46. The Hall–Kier alpha value is -2.05. The number of rotatable bonds is 6. The number of carbonyl (C=O) groups is 1. The van der Waals surface area contributed by atoms with Crippen LogP contribution in [0.5, 0.6) is 0 Å². The van der Waals surface area contributed by atoms with E-state index in [2.05, 4.69) is 27.0 Å². The van der Waals surface area contributed by atoms with Crippen molar-refractivity contribution >= 4 is 22.4 Å². The first kappa shape index (κ1) is 16.3. The van der Waals surface area contributed by atoms with Crippen LogP contribution in [0.1, 0.15) is 27.9 Å². The van der Waals surface area contributed by atoms with Crippen molar-refractivity contribution in [1.29, 1.82) is 0 Å². The zero-order valence-electron chi connectivity index (χ0n) is 13.1. The highest BCUT2D eigenvalue weighted by molar-refractivity contribution is 7.15. The van der Waals surface area contributed by atoms with Gasteiger partial charge in [0.2, 0.25) is 5.13 Å². The Balaban J connectivity index is 1.96. The van der Waals surface area contributed by atoms with Crippen LogP contribution in [-0.2, 0) is 6.54 Å². The smallest absolute Gasteiger partial charge is 0.257 e. The first-order chi connectivity index (χ1) is 10.4. The fourth-order valence-electron chi connectivity index (χ4n) is 2.11. The van der Waals surface area contributed by atoms with Gasteiger partial charge in [-0.05, 0) is 38.6 Å². The Morgan fingerprint density at radius 1 is 1.32 bits per heavy atom. The lowest BCUT2D eigenvalue weighted by molar-refractivity contribution is 0.102. The molecule has 0 spiro atoms. The second-order valence-corrected chi connectivity index (χ2v) is 6.59. The molecule has 0 bridgehead atoms. The van der Waals surface area contributed by atoms with Crippen LogP contribution < -0.4 is 5.32 Å². The van der Waals surface area contributed by atoms with E-state index in [4.69, 9.17) is 0 Å². The number of nitrogens with one attached hydrogen (secondary N) is 1. The van der Waals surface area contributed by atoms with Crippen molar-refractivity contribution in [2.45, 2.75) is 20.4 Å². The molecule has 0 aliphatic carbocycles. The summed E-state index contributed by atoms with van der Waals surface area (Å²) in [5.41, 5.74) is 2.90. The largest absolute Gasteiger partial charge is 0.298 e. The van der Waals surface area contributed by atoms with Crippen LogP contribution in [0.3, 0.4) is 0 Å². The molecule has 0 aliphatic heterocycles. The lowest BCUT2D eigenvalue weighted by Gasteiger charge is -2.16. The van der Waals surface area contributed by atoms with Crippen molar-refractivity contribution in [3.63, 3.8) is 0 Å². The van der Waals surface area contributed by atoms with E-state index >= 15 is 0 Å². The molecule has 5 nitrogen and oxygen atoms in total. The van der Waals surface area contributed by atoms with Crippen molar-refractivity contribution in [3.05, 3.63) is 52.6 Å². The predicted molar refractivity (Wildman–Crippen MR) is 90.2 cm³/mol. The molecule has 0 aliphatic rings. The second-order valence-electron chi connectivity index (χ2n) is 5.41. The molecule has 2 aromatic rings. The lowest BCUT2D eigenvalue weighted by atomic mass is 10.1. The number of benzene rings is 1. The van der Waals surface area contributed by atoms with E-state index in [1.807, 2.05) is 45.2 Å². The summed E-state index contributed by atoms with van der Waals surface area (Å²) in [5.74, 6) is -0.169. The summed E-state index contributed by atoms with van der Waals surface area (Å²) in [7, 11) is 2.05. The van der Waals surface area contributed by atoms with Gasteiger partial charge in [0.15, 0.2) is 0 Å². The molecule has 1 amide bonds. The van der Waals surface area contributed by atoms with Crippen molar-refractivity contribution < 1.29 is 4.79 Å². The van der Waals surface area contributed by atoms with Gasteiger partial charge in [0, 0.05) is 18.7 Å². The van der Waals surface area contributed by atoms with E-state index in [9.17, 15) is 4.79 Å². The Kier molecular flexibility index (Phi) is 5.41. The average molecular weight is 316 g/mol. The van der Waals surface area contributed by atoms with Crippen LogP contribution >= 0.6 is 11.3 Å². The van der Waals surface area contributed by atoms with Gasteiger partial charge < -0.3 is 0 Å². The van der Waals surface area contributed by atoms with Crippen molar-refractivity contribution in [2.24, 2.45) is 0 Å². The molecule has 1 heterocycles. The first-order valence-electron chi connectivity index (χ1n) is 6.97. The summed E-state index contributed by atoms with van der Waals surface area (Å²) in [6, 6.07) is 7.59. The molecule has 0 saturated heterocycles. The molecule has 0 radical (unpaired) electrons. The van der Waals surface area contributed by atoms with E-state index in [0.29, 0.717) is 10.7 Å². The Bertz CT molecular complexity index is 663. The van der Waals surface area contributed by atoms with E-state index in [1.165, 1.54) is 11.3 Å². The normalized spacial score (nSPS) is 10.7. The molecule has 2 rings (SSSR count). The van der Waals surface area contributed by atoms with Gasteiger partial charge in [0.05, 0.1) is 0 Å². The van der Waals surface area contributed by atoms with Crippen molar-refractivity contribution in [3.8, 4) is 0 Å². The van der Waals surface area contributed by atoms with Gasteiger partial charge in [0.25, 0.3) is 5.91 Å². The van der Waals surface area contributed by atoms with Crippen molar-refractivity contribution in [1.82, 2.24) is 15.1 Å². The van der Waals surface area contributed by atoms with Crippen LogP contribution in [0.4, 0.5) is 5.13 Å². The highest BCUT2D eigenvalue weighted by Gasteiger charge is 2.09. The Labute approximate surface area is 134 Å². The molecule has 1 N–H and O–H groups in total. The van der Waals surface area contributed by atoms with Gasteiger partial charge in [0.1, 0.15) is 5.01 Å². The lowest BCUT2D eigenvalue weighted by Crippen LogP contribution is -2.19. The van der Waals surface area contributed by atoms with Gasteiger partial charge in [-0.15, -0.1) is 10.2 Å². The van der Waals surface area contributed by atoms with E-state index in [1.54, 1.807) is 0 Å². The SMILES string of the molecule is C=C(C)CN(C)Cc1ccc(C(=O)Nc2nnc(C)s2)cc1. The summed E-state index contributed by atoms with van der Waals surface area (Å²) >= 11 is 1.36. The number of likely N-dealkylation sites (N-methyl/N-ethyl adjacent to an activating group) is 1. The number of aromatic nitrogens is 2. The Morgan fingerprint density at radius 2 is 2.00 bits per heavy atom. The maximum Gasteiger partial charge on any atom is 0.257 e. The Morgan fingerprint density at radius 3 is 2.55 bits per heavy atom. The molecule has 6 heteroatoms. The number of anilines is 1. The topological polar surface area (TPSA) is 58.1 Å². The van der Waals surface area contributed by atoms with Crippen molar-refractivity contribution in [2.75, 3.05) is 18.9 Å². The molecule has 1 aromatic carbocycles.